The SMILES string of the molecule is Cc1cc(O[C@@H](C)C(=O)Nc2ccc(CSc3ccccc3)cc2)cc(C)c1Cl. The number of amides is 1. The Balaban J connectivity index is 1.54. The van der Waals surface area contributed by atoms with E-state index in [1.54, 1.807) is 18.7 Å². The number of benzene rings is 3. The van der Waals surface area contributed by atoms with E-state index in [0.29, 0.717) is 5.75 Å². The van der Waals surface area contributed by atoms with Gasteiger partial charge in [-0.3, -0.25) is 4.79 Å². The Morgan fingerprint density at radius 2 is 1.66 bits per heavy atom. The van der Waals surface area contributed by atoms with E-state index in [1.165, 1.54) is 10.5 Å². The van der Waals surface area contributed by atoms with Crippen LogP contribution < -0.4 is 10.1 Å². The molecule has 0 heterocycles. The van der Waals surface area contributed by atoms with Crippen molar-refractivity contribution in [2.24, 2.45) is 0 Å². The lowest BCUT2D eigenvalue weighted by molar-refractivity contribution is -0.122. The number of halogens is 1. The Hall–Kier alpha value is -2.43. The molecule has 1 atom stereocenters. The number of aryl methyl sites for hydroxylation is 2. The molecule has 0 aliphatic carbocycles. The number of anilines is 1. The fourth-order valence-corrected chi connectivity index (χ4v) is 3.83. The number of carbonyl (C=O) groups excluding carboxylic acids is 1. The van der Waals surface area contributed by atoms with Crippen LogP contribution in [0, 0.1) is 13.8 Å². The van der Waals surface area contributed by atoms with Crippen LogP contribution in [0.2, 0.25) is 5.02 Å². The fourth-order valence-electron chi connectivity index (χ4n) is 2.84. The maximum absolute atomic E-state index is 12.5. The van der Waals surface area contributed by atoms with E-state index in [1.807, 2.05) is 68.4 Å². The predicted octanol–water partition coefficient (Wildman–Crippen LogP) is 6.66. The Bertz CT molecular complexity index is 951. The lowest BCUT2D eigenvalue weighted by atomic mass is 10.1. The Morgan fingerprint density at radius 1 is 1.03 bits per heavy atom. The summed E-state index contributed by atoms with van der Waals surface area (Å²) in [5, 5.41) is 3.63. The first kappa shape index (κ1) is 21.3. The summed E-state index contributed by atoms with van der Waals surface area (Å²) < 4.78 is 5.80. The summed E-state index contributed by atoms with van der Waals surface area (Å²) in [6.45, 7) is 5.58. The molecule has 0 bridgehead atoms. The smallest absolute Gasteiger partial charge is 0.265 e. The van der Waals surface area contributed by atoms with Crippen molar-refractivity contribution in [3.63, 3.8) is 0 Å². The normalized spacial score (nSPS) is 11.7. The monoisotopic (exact) mass is 425 g/mol. The van der Waals surface area contributed by atoms with Gasteiger partial charge in [-0.1, -0.05) is 41.9 Å². The average molecular weight is 426 g/mol. The molecule has 0 aliphatic heterocycles. The first-order valence-electron chi connectivity index (χ1n) is 9.43. The summed E-state index contributed by atoms with van der Waals surface area (Å²) in [5.41, 5.74) is 3.81. The molecule has 0 aromatic heterocycles. The zero-order chi connectivity index (χ0) is 20.8. The minimum atomic E-state index is -0.622. The van der Waals surface area contributed by atoms with Crippen molar-refractivity contribution in [1.82, 2.24) is 0 Å². The van der Waals surface area contributed by atoms with Crippen molar-refractivity contribution in [2.75, 3.05) is 5.32 Å². The summed E-state index contributed by atoms with van der Waals surface area (Å²) >= 11 is 7.98. The molecule has 0 spiro atoms. The van der Waals surface area contributed by atoms with Gasteiger partial charge in [-0.2, -0.15) is 0 Å². The number of hydrogen-bond donors (Lipinski definition) is 1. The van der Waals surface area contributed by atoms with Gasteiger partial charge in [-0.05, 0) is 73.9 Å². The van der Waals surface area contributed by atoms with Crippen LogP contribution in [0.1, 0.15) is 23.6 Å². The Kier molecular flexibility index (Phi) is 7.24. The second kappa shape index (κ2) is 9.86. The molecule has 3 rings (SSSR count). The van der Waals surface area contributed by atoms with Crippen molar-refractivity contribution in [2.45, 2.75) is 37.5 Å². The van der Waals surface area contributed by atoms with E-state index in [2.05, 4.69) is 17.4 Å². The number of hydrogen-bond acceptors (Lipinski definition) is 3. The molecule has 29 heavy (non-hydrogen) atoms. The molecule has 0 unspecified atom stereocenters. The summed E-state index contributed by atoms with van der Waals surface area (Å²) in [6, 6.07) is 21.9. The van der Waals surface area contributed by atoms with Crippen LogP contribution in [0.4, 0.5) is 5.69 Å². The van der Waals surface area contributed by atoms with Gasteiger partial charge in [-0.25, -0.2) is 0 Å². The number of ether oxygens (including phenoxy) is 1. The molecule has 1 N–H and O–H groups in total. The van der Waals surface area contributed by atoms with E-state index in [0.717, 1.165) is 27.6 Å². The largest absolute Gasteiger partial charge is 0.481 e. The molecule has 0 radical (unpaired) electrons. The van der Waals surface area contributed by atoms with E-state index >= 15 is 0 Å². The van der Waals surface area contributed by atoms with Crippen molar-refractivity contribution in [3.05, 3.63) is 88.4 Å². The van der Waals surface area contributed by atoms with Crippen LogP contribution in [0.5, 0.6) is 5.75 Å². The van der Waals surface area contributed by atoms with Gasteiger partial charge < -0.3 is 10.1 Å². The van der Waals surface area contributed by atoms with Gasteiger partial charge in [-0.15, -0.1) is 11.8 Å². The highest BCUT2D eigenvalue weighted by molar-refractivity contribution is 7.98. The van der Waals surface area contributed by atoms with Crippen molar-refractivity contribution in [3.8, 4) is 5.75 Å². The van der Waals surface area contributed by atoms with Crippen LogP contribution in [0.15, 0.2) is 71.6 Å². The lowest BCUT2D eigenvalue weighted by Crippen LogP contribution is -2.30. The van der Waals surface area contributed by atoms with Gasteiger partial charge >= 0.3 is 0 Å². The van der Waals surface area contributed by atoms with Gasteiger partial charge in [0.1, 0.15) is 5.75 Å². The average Bonchev–Trinajstić information content (AvgIpc) is 2.72. The van der Waals surface area contributed by atoms with Gasteiger partial charge in [0, 0.05) is 21.4 Å². The van der Waals surface area contributed by atoms with E-state index in [9.17, 15) is 4.79 Å². The van der Waals surface area contributed by atoms with Gasteiger partial charge in [0.15, 0.2) is 6.10 Å². The highest BCUT2D eigenvalue weighted by Gasteiger charge is 2.16. The molecule has 3 aromatic carbocycles. The molecule has 0 saturated heterocycles. The number of rotatable bonds is 7. The minimum absolute atomic E-state index is 0.193. The highest BCUT2D eigenvalue weighted by atomic mass is 35.5. The molecule has 0 saturated carbocycles. The number of carbonyl (C=O) groups is 1. The molecular weight excluding hydrogens is 402 g/mol. The maximum Gasteiger partial charge on any atom is 0.265 e. The van der Waals surface area contributed by atoms with E-state index < -0.39 is 6.10 Å². The molecule has 1 amide bonds. The second-order valence-corrected chi connectivity index (χ2v) is 8.35. The van der Waals surface area contributed by atoms with Crippen molar-refractivity contribution < 1.29 is 9.53 Å². The quantitative estimate of drug-likeness (QED) is 0.430. The standard InChI is InChI=1S/C24H24ClNO2S/c1-16-13-21(14-17(2)23(16)25)28-18(3)24(27)26-20-11-9-19(10-12-20)15-29-22-7-5-4-6-8-22/h4-14,18H,15H2,1-3H3,(H,26,27)/t18-/m0/s1. The first-order valence-corrected chi connectivity index (χ1v) is 10.8. The molecule has 0 aliphatic rings. The number of nitrogens with one attached hydrogen (secondary N) is 1. The Morgan fingerprint density at radius 3 is 2.28 bits per heavy atom. The van der Waals surface area contributed by atoms with Crippen molar-refractivity contribution >= 4 is 35.0 Å². The summed E-state index contributed by atoms with van der Waals surface area (Å²) in [7, 11) is 0. The van der Waals surface area contributed by atoms with Crippen LogP contribution in [-0.2, 0) is 10.5 Å². The first-order chi connectivity index (χ1) is 13.9. The summed E-state index contributed by atoms with van der Waals surface area (Å²) in [6.07, 6.45) is -0.622. The van der Waals surface area contributed by atoms with Crippen LogP contribution in [0.3, 0.4) is 0 Å². The third kappa shape index (κ3) is 6.02. The third-order valence-electron chi connectivity index (χ3n) is 4.46. The Labute approximate surface area is 181 Å². The predicted molar refractivity (Wildman–Crippen MR) is 122 cm³/mol. The van der Waals surface area contributed by atoms with E-state index in [-0.39, 0.29) is 5.91 Å². The van der Waals surface area contributed by atoms with E-state index in [4.69, 9.17) is 16.3 Å². The number of thioether (sulfide) groups is 1. The summed E-state index contributed by atoms with van der Waals surface area (Å²) in [5.74, 6) is 1.33. The fraction of sp³-hybridized carbons (Fsp3) is 0.208. The van der Waals surface area contributed by atoms with Crippen LogP contribution in [0.25, 0.3) is 0 Å². The molecule has 0 fully saturated rings. The zero-order valence-corrected chi connectivity index (χ0v) is 18.3. The molecule has 3 aromatic rings. The lowest BCUT2D eigenvalue weighted by Gasteiger charge is -2.16. The van der Waals surface area contributed by atoms with Gasteiger partial charge in [0.05, 0.1) is 0 Å². The minimum Gasteiger partial charge on any atom is -0.481 e. The topological polar surface area (TPSA) is 38.3 Å². The second-order valence-electron chi connectivity index (χ2n) is 6.92. The molecular formula is C24H24ClNO2S. The highest BCUT2D eigenvalue weighted by Crippen LogP contribution is 2.27. The van der Waals surface area contributed by atoms with Gasteiger partial charge in [0.25, 0.3) is 5.91 Å². The molecule has 5 heteroatoms. The van der Waals surface area contributed by atoms with Crippen LogP contribution in [-0.4, -0.2) is 12.0 Å². The molecule has 3 nitrogen and oxygen atoms in total. The maximum atomic E-state index is 12.5. The third-order valence-corrected chi connectivity index (χ3v) is 6.14. The van der Waals surface area contributed by atoms with Gasteiger partial charge in [0.2, 0.25) is 0 Å². The molecule has 150 valence electrons. The summed E-state index contributed by atoms with van der Waals surface area (Å²) in [4.78, 5) is 13.7. The van der Waals surface area contributed by atoms with Crippen LogP contribution >= 0.6 is 23.4 Å². The zero-order valence-electron chi connectivity index (χ0n) is 16.7. The van der Waals surface area contributed by atoms with Crippen molar-refractivity contribution in [1.29, 1.82) is 0 Å².